The maximum Gasteiger partial charge on any atom is 0.263 e. The molecule has 0 bridgehead atoms. The number of nitrogen functional groups attached to an aromatic ring is 1. The fourth-order valence-electron chi connectivity index (χ4n) is 3.55. The molecule has 0 aliphatic carbocycles. The van der Waals surface area contributed by atoms with E-state index in [0.717, 1.165) is 22.4 Å². The number of aromatic nitrogens is 3. The minimum atomic E-state index is -3.75. The number of sulfonamides is 1. The van der Waals surface area contributed by atoms with E-state index < -0.39 is 10.0 Å². The molecule has 0 aliphatic rings. The average molecular weight is 505 g/mol. The van der Waals surface area contributed by atoms with E-state index >= 15 is 0 Å². The zero-order chi connectivity index (χ0) is 25.7. The molecular weight excluding hydrogens is 476 g/mol. The van der Waals surface area contributed by atoms with Crippen molar-refractivity contribution in [3.63, 3.8) is 0 Å². The van der Waals surface area contributed by atoms with Crippen molar-refractivity contribution in [3.8, 4) is 11.3 Å². The summed E-state index contributed by atoms with van der Waals surface area (Å²) in [5.41, 5.74) is 10.1. The molecule has 0 aliphatic heterocycles. The van der Waals surface area contributed by atoms with Crippen molar-refractivity contribution in [1.82, 2.24) is 20.3 Å². The second kappa shape index (κ2) is 10.6. The number of hydrogen-bond donors (Lipinski definition) is 4. The highest BCUT2D eigenvalue weighted by molar-refractivity contribution is 7.92. The van der Waals surface area contributed by atoms with E-state index in [-0.39, 0.29) is 23.0 Å². The van der Waals surface area contributed by atoms with Crippen LogP contribution in [0.5, 0.6) is 0 Å². The average Bonchev–Trinajstić information content (AvgIpc) is 3.30. The van der Waals surface area contributed by atoms with Gasteiger partial charge < -0.3 is 16.0 Å². The van der Waals surface area contributed by atoms with Gasteiger partial charge in [0.05, 0.1) is 23.2 Å². The highest BCUT2D eigenvalue weighted by Gasteiger charge is 2.15. The van der Waals surface area contributed by atoms with Crippen LogP contribution < -0.4 is 15.8 Å². The predicted octanol–water partition coefficient (Wildman–Crippen LogP) is 3.84. The minimum absolute atomic E-state index is 0.127. The molecule has 2 aromatic heterocycles. The van der Waals surface area contributed by atoms with Crippen LogP contribution >= 0.6 is 0 Å². The van der Waals surface area contributed by atoms with Crippen LogP contribution in [0.2, 0.25) is 0 Å². The minimum Gasteiger partial charge on any atom is -0.369 e. The van der Waals surface area contributed by atoms with Gasteiger partial charge in [-0.3, -0.25) is 9.52 Å². The van der Waals surface area contributed by atoms with Crippen LogP contribution in [-0.4, -0.2) is 29.3 Å². The van der Waals surface area contributed by atoms with Crippen LogP contribution in [0.15, 0.2) is 78.0 Å². The lowest BCUT2D eigenvalue weighted by atomic mass is 10.0. The number of rotatable bonds is 9. The highest BCUT2D eigenvalue weighted by atomic mass is 32.2. The Kier molecular flexibility index (Phi) is 7.35. The van der Waals surface area contributed by atoms with Gasteiger partial charge in [0.1, 0.15) is 5.82 Å². The molecule has 36 heavy (non-hydrogen) atoms. The molecular formula is C26H28N6O3S. The van der Waals surface area contributed by atoms with Gasteiger partial charge in [0.25, 0.3) is 10.0 Å². The summed E-state index contributed by atoms with van der Waals surface area (Å²) < 4.78 is 27.8. The number of nitrogens with two attached hydrogens (primary N) is 1. The molecule has 9 nitrogen and oxygen atoms in total. The standard InChI is InChI=1S/C26H28N6O3S/c1-17(2)20-8-10-22(11-9-20)36(34,35)32-24-12-5-19(15-28-24)13-25(33)29-14-18-3-6-21(7-4-18)23-16-30-26(27)31-23/h3-12,15-17H,13-14H2,1-2H3,(H,28,32)(H,29,33)(H3,27,30,31). The molecule has 5 N–H and O–H groups in total. The Morgan fingerprint density at radius 3 is 2.22 bits per heavy atom. The number of nitrogens with one attached hydrogen (secondary N) is 3. The second-order valence-corrected chi connectivity index (χ2v) is 10.4. The summed E-state index contributed by atoms with van der Waals surface area (Å²) >= 11 is 0. The normalized spacial score (nSPS) is 11.4. The zero-order valence-corrected chi connectivity index (χ0v) is 20.8. The molecule has 10 heteroatoms. The van der Waals surface area contributed by atoms with Gasteiger partial charge in [0, 0.05) is 12.7 Å². The molecule has 186 valence electrons. The smallest absolute Gasteiger partial charge is 0.263 e. The Morgan fingerprint density at radius 2 is 1.64 bits per heavy atom. The number of amides is 1. The van der Waals surface area contributed by atoms with E-state index in [1.807, 2.05) is 38.1 Å². The van der Waals surface area contributed by atoms with Gasteiger partial charge in [-0.15, -0.1) is 0 Å². The zero-order valence-electron chi connectivity index (χ0n) is 20.0. The number of carbonyl (C=O) groups excluding carboxylic acids is 1. The molecule has 0 spiro atoms. The van der Waals surface area contributed by atoms with Crippen molar-refractivity contribution in [2.75, 3.05) is 10.5 Å². The summed E-state index contributed by atoms with van der Waals surface area (Å²) in [6, 6.07) is 17.7. The number of imidazole rings is 1. The number of carbonyl (C=O) groups is 1. The molecule has 0 atom stereocenters. The predicted molar refractivity (Wildman–Crippen MR) is 140 cm³/mol. The van der Waals surface area contributed by atoms with Crippen molar-refractivity contribution >= 4 is 27.7 Å². The summed E-state index contributed by atoms with van der Waals surface area (Å²) in [6.45, 7) is 4.47. The van der Waals surface area contributed by atoms with Gasteiger partial charge in [0.15, 0.2) is 5.95 Å². The van der Waals surface area contributed by atoms with Crippen LogP contribution in [0.3, 0.4) is 0 Å². The van der Waals surface area contributed by atoms with Crippen molar-refractivity contribution in [1.29, 1.82) is 0 Å². The quantitative estimate of drug-likeness (QED) is 0.273. The van der Waals surface area contributed by atoms with Gasteiger partial charge in [-0.2, -0.15) is 0 Å². The first kappa shape index (κ1) is 24.9. The van der Waals surface area contributed by atoms with Crippen LogP contribution in [0.25, 0.3) is 11.3 Å². The molecule has 1 amide bonds. The third-order valence-electron chi connectivity index (χ3n) is 5.64. The molecule has 2 heterocycles. The molecule has 4 rings (SSSR count). The Bertz CT molecular complexity index is 1430. The number of benzene rings is 2. The van der Waals surface area contributed by atoms with Crippen molar-refractivity contribution < 1.29 is 13.2 Å². The van der Waals surface area contributed by atoms with Gasteiger partial charge in [0.2, 0.25) is 5.91 Å². The largest absolute Gasteiger partial charge is 0.369 e. The van der Waals surface area contributed by atoms with E-state index in [1.165, 1.54) is 6.20 Å². The first-order chi connectivity index (χ1) is 17.2. The monoisotopic (exact) mass is 504 g/mol. The van der Waals surface area contributed by atoms with Crippen LogP contribution in [0.4, 0.5) is 11.8 Å². The third kappa shape index (κ3) is 6.28. The summed E-state index contributed by atoms with van der Waals surface area (Å²) in [4.78, 5) is 23.7. The number of hydrogen-bond acceptors (Lipinski definition) is 6. The van der Waals surface area contributed by atoms with Gasteiger partial charge >= 0.3 is 0 Å². The van der Waals surface area contributed by atoms with Crippen molar-refractivity contribution in [2.45, 2.75) is 37.6 Å². The Labute approximate surface area is 210 Å². The Morgan fingerprint density at radius 1 is 0.944 bits per heavy atom. The number of aromatic amines is 1. The van der Waals surface area contributed by atoms with Crippen molar-refractivity contribution in [2.24, 2.45) is 0 Å². The molecule has 2 aromatic carbocycles. The first-order valence-corrected chi connectivity index (χ1v) is 12.9. The number of nitrogens with zero attached hydrogens (tertiary/aromatic N) is 2. The van der Waals surface area contributed by atoms with Crippen LogP contribution in [0, 0.1) is 0 Å². The number of anilines is 2. The van der Waals surface area contributed by atoms with E-state index in [2.05, 4.69) is 25.0 Å². The lowest BCUT2D eigenvalue weighted by Crippen LogP contribution is -2.24. The summed E-state index contributed by atoms with van der Waals surface area (Å²) in [6.07, 6.45) is 3.28. The van der Waals surface area contributed by atoms with Gasteiger partial charge in [-0.05, 0) is 46.4 Å². The van der Waals surface area contributed by atoms with Crippen LogP contribution in [-0.2, 0) is 27.8 Å². The third-order valence-corrected chi connectivity index (χ3v) is 7.01. The van der Waals surface area contributed by atoms with E-state index in [9.17, 15) is 13.2 Å². The van der Waals surface area contributed by atoms with E-state index in [0.29, 0.717) is 24.0 Å². The SMILES string of the molecule is CC(C)c1ccc(S(=O)(=O)Nc2ccc(CC(=O)NCc3ccc(-c4cnc(N)[nH]4)cc3)cn2)cc1. The number of H-pyrrole nitrogens is 1. The molecule has 0 fully saturated rings. The Hall–Kier alpha value is -4.18. The number of pyridine rings is 1. The van der Waals surface area contributed by atoms with E-state index in [1.54, 1.807) is 42.6 Å². The van der Waals surface area contributed by atoms with E-state index in [4.69, 9.17) is 5.73 Å². The molecule has 0 saturated heterocycles. The molecule has 0 unspecified atom stereocenters. The maximum absolute atomic E-state index is 12.6. The van der Waals surface area contributed by atoms with Gasteiger partial charge in [-0.25, -0.2) is 18.4 Å². The molecule has 4 aromatic rings. The first-order valence-electron chi connectivity index (χ1n) is 11.4. The molecule has 0 radical (unpaired) electrons. The summed E-state index contributed by atoms with van der Waals surface area (Å²) in [5.74, 6) is 0.694. The van der Waals surface area contributed by atoms with Crippen molar-refractivity contribution in [3.05, 3.63) is 89.7 Å². The maximum atomic E-state index is 12.6. The summed E-state index contributed by atoms with van der Waals surface area (Å²) in [5, 5.41) is 2.88. The lowest BCUT2D eigenvalue weighted by molar-refractivity contribution is -0.120. The summed E-state index contributed by atoms with van der Waals surface area (Å²) in [7, 11) is -3.75. The second-order valence-electron chi connectivity index (χ2n) is 8.71. The fourth-order valence-corrected chi connectivity index (χ4v) is 4.56. The van der Waals surface area contributed by atoms with Gasteiger partial charge in [-0.1, -0.05) is 56.3 Å². The topological polar surface area (TPSA) is 143 Å². The lowest BCUT2D eigenvalue weighted by Gasteiger charge is -2.10. The van der Waals surface area contributed by atoms with Crippen LogP contribution in [0.1, 0.15) is 36.5 Å². The highest BCUT2D eigenvalue weighted by Crippen LogP contribution is 2.20. The Balaban J connectivity index is 1.29. The molecule has 0 saturated carbocycles. The fraction of sp³-hybridized carbons (Fsp3) is 0.192.